The van der Waals surface area contributed by atoms with E-state index in [0.29, 0.717) is 21.3 Å². The van der Waals surface area contributed by atoms with Crippen LogP contribution in [0.25, 0.3) is 20.9 Å². The maximum atomic E-state index is 12.8. The van der Waals surface area contributed by atoms with E-state index in [1.165, 1.54) is 11.3 Å². The normalized spacial score (nSPS) is 11.0. The van der Waals surface area contributed by atoms with E-state index in [9.17, 15) is 4.79 Å². The minimum atomic E-state index is -0.236. The molecule has 25 heavy (non-hydrogen) atoms. The molecule has 0 radical (unpaired) electrons. The molecule has 1 aromatic heterocycles. The van der Waals surface area contributed by atoms with Gasteiger partial charge in [-0.1, -0.05) is 54.1 Å². The Morgan fingerprint density at radius 1 is 1.04 bits per heavy atom. The van der Waals surface area contributed by atoms with Gasteiger partial charge in [-0.05, 0) is 29.0 Å². The summed E-state index contributed by atoms with van der Waals surface area (Å²) in [5, 5.41) is 6.46. The predicted octanol–water partition coefficient (Wildman–Crippen LogP) is 5.97. The standard InChI is InChI=1S/C20H14ClNO2S/c1-24-15-9-5-4-8-14(15)22-20(23)19-18(21)17-13-7-3-2-6-12(13)10-11-16(17)25-19/h2-11H,1H3,(H,22,23). The number of carbonyl (C=O) groups is 1. The van der Waals surface area contributed by atoms with Crippen LogP contribution in [0.3, 0.4) is 0 Å². The highest BCUT2D eigenvalue weighted by atomic mass is 35.5. The molecule has 0 saturated heterocycles. The molecule has 0 bridgehead atoms. The van der Waals surface area contributed by atoms with Gasteiger partial charge >= 0.3 is 0 Å². The zero-order valence-electron chi connectivity index (χ0n) is 13.4. The Kier molecular flexibility index (Phi) is 4.07. The van der Waals surface area contributed by atoms with E-state index < -0.39 is 0 Å². The van der Waals surface area contributed by atoms with Crippen LogP contribution >= 0.6 is 22.9 Å². The van der Waals surface area contributed by atoms with E-state index in [1.807, 2.05) is 48.5 Å². The summed E-state index contributed by atoms with van der Waals surface area (Å²) < 4.78 is 6.28. The second kappa shape index (κ2) is 6.39. The van der Waals surface area contributed by atoms with Crippen LogP contribution in [0.5, 0.6) is 5.75 Å². The minimum Gasteiger partial charge on any atom is -0.495 e. The van der Waals surface area contributed by atoms with Gasteiger partial charge in [0.1, 0.15) is 10.6 Å². The Morgan fingerprint density at radius 2 is 1.80 bits per heavy atom. The monoisotopic (exact) mass is 367 g/mol. The molecule has 1 N–H and O–H groups in total. The summed E-state index contributed by atoms with van der Waals surface area (Å²) in [4.78, 5) is 13.3. The van der Waals surface area contributed by atoms with E-state index >= 15 is 0 Å². The molecule has 1 amide bonds. The molecule has 4 rings (SSSR count). The molecule has 0 spiro atoms. The highest BCUT2D eigenvalue weighted by Crippen LogP contribution is 2.40. The van der Waals surface area contributed by atoms with E-state index in [1.54, 1.807) is 19.2 Å². The van der Waals surface area contributed by atoms with Gasteiger partial charge in [0.05, 0.1) is 17.8 Å². The number of amides is 1. The highest BCUT2D eigenvalue weighted by Gasteiger charge is 2.19. The second-order valence-corrected chi connectivity index (χ2v) is 6.99. The van der Waals surface area contributed by atoms with Crippen LogP contribution in [0, 0.1) is 0 Å². The molecule has 0 saturated carbocycles. The van der Waals surface area contributed by atoms with Gasteiger partial charge in [-0.3, -0.25) is 4.79 Å². The average Bonchev–Trinajstić information content (AvgIpc) is 2.99. The number of carbonyl (C=O) groups excluding carboxylic acids is 1. The third kappa shape index (κ3) is 2.73. The zero-order chi connectivity index (χ0) is 17.4. The number of methoxy groups -OCH3 is 1. The van der Waals surface area contributed by atoms with Crippen molar-refractivity contribution in [2.45, 2.75) is 0 Å². The molecule has 0 atom stereocenters. The number of rotatable bonds is 3. The van der Waals surface area contributed by atoms with Crippen molar-refractivity contribution in [3.8, 4) is 5.75 Å². The second-order valence-electron chi connectivity index (χ2n) is 5.56. The summed E-state index contributed by atoms with van der Waals surface area (Å²) in [5.41, 5.74) is 0.619. The van der Waals surface area contributed by atoms with Crippen LogP contribution in [0.4, 0.5) is 5.69 Å². The van der Waals surface area contributed by atoms with Gasteiger partial charge < -0.3 is 10.1 Å². The molecule has 3 aromatic carbocycles. The predicted molar refractivity (Wildman–Crippen MR) is 105 cm³/mol. The van der Waals surface area contributed by atoms with Crippen LogP contribution in [-0.2, 0) is 0 Å². The van der Waals surface area contributed by atoms with Crippen LogP contribution in [0.15, 0.2) is 60.7 Å². The first-order chi connectivity index (χ1) is 12.2. The van der Waals surface area contributed by atoms with Crippen LogP contribution < -0.4 is 10.1 Å². The van der Waals surface area contributed by atoms with E-state index in [4.69, 9.17) is 16.3 Å². The van der Waals surface area contributed by atoms with Crippen molar-refractivity contribution in [2.75, 3.05) is 12.4 Å². The first-order valence-electron chi connectivity index (χ1n) is 7.73. The molecule has 124 valence electrons. The third-order valence-corrected chi connectivity index (χ3v) is 5.73. The van der Waals surface area contributed by atoms with Crippen LogP contribution in [-0.4, -0.2) is 13.0 Å². The maximum absolute atomic E-state index is 12.8. The van der Waals surface area contributed by atoms with Crippen molar-refractivity contribution < 1.29 is 9.53 Å². The number of hydrogen-bond donors (Lipinski definition) is 1. The lowest BCUT2D eigenvalue weighted by atomic mass is 10.1. The first-order valence-corrected chi connectivity index (χ1v) is 8.92. The van der Waals surface area contributed by atoms with Crippen molar-refractivity contribution in [3.63, 3.8) is 0 Å². The van der Waals surface area contributed by atoms with Gasteiger partial charge in [0.25, 0.3) is 5.91 Å². The number of halogens is 1. The Labute approximate surface area is 153 Å². The lowest BCUT2D eigenvalue weighted by Crippen LogP contribution is -2.11. The fourth-order valence-electron chi connectivity index (χ4n) is 2.90. The van der Waals surface area contributed by atoms with Crippen LogP contribution in [0.1, 0.15) is 9.67 Å². The minimum absolute atomic E-state index is 0.236. The Balaban J connectivity index is 1.80. The fourth-order valence-corrected chi connectivity index (χ4v) is 4.37. The SMILES string of the molecule is COc1ccccc1NC(=O)c1sc2ccc3ccccc3c2c1Cl. The summed E-state index contributed by atoms with van der Waals surface area (Å²) >= 11 is 7.98. The number of anilines is 1. The number of ether oxygens (including phenoxy) is 1. The number of fused-ring (bicyclic) bond motifs is 3. The van der Waals surface area contributed by atoms with E-state index in [-0.39, 0.29) is 5.91 Å². The van der Waals surface area contributed by atoms with Crippen molar-refractivity contribution in [1.82, 2.24) is 0 Å². The molecular weight excluding hydrogens is 354 g/mol. The number of hydrogen-bond acceptors (Lipinski definition) is 3. The first kappa shape index (κ1) is 15.9. The lowest BCUT2D eigenvalue weighted by Gasteiger charge is -2.09. The molecular formula is C20H14ClNO2S. The molecule has 0 fully saturated rings. The van der Waals surface area contributed by atoms with Crippen LogP contribution in [0.2, 0.25) is 5.02 Å². The van der Waals surface area contributed by atoms with Gasteiger partial charge in [0.2, 0.25) is 0 Å². The van der Waals surface area contributed by atoms with Gasteiger partial charge in [-0.15, -0.1) is 11.3 Å². The topological polar surface area (TPSA) is 38.3 Å². The Morgan fingerprint density at radius 3 is 2.64 bits per heavy atom. The smallest absolute Gasteiger partial charge is 0.267 e. The van der Waals surface area contributed by atoms with E-state index in [0.717, 1.165) is 20.9 Å². The van der Waals surface area contributed by atoms with Gasteiger partial charge in [-0.2, -0.15) is 0 Å². The van der Waals surface area contributed by atoms with Gasteiger partial charge in [0, 0.05) is 10.1 Å². The molecule has 0 aliphatic heterocycles. The maximum Gasteiger partial charge on any atom is 0.267 e. The fraction of sp³-hybridized carbons (Fsp3) is 0.0500. The molecule has 1 heterocycles. The van der Waals surface area contributed by atoms with Crippen molar-refractivity contribution in [1.29, 1.82) is 0 Å². The average molecular weight is 368 g/mol. The molecule has 0 aliphatic rings. The summed E-state index contributed by atoms with van der Waals surface area (Å²) in [7, 11) is 1.57. The van der Waals surface area contributed by atoms with Crippen molar-refractivity contribution in [3.05, 3.63) is 70.6 Å². The summed E-state index contributed by atoms with van der Waals surface area (Å²) in [6.45, 7) is 0. The summed E-state index contributed by atoms with van der Waals surface area (Å²) in [5.74, 6) is 0.373. The Hall–Kier alpha value is -2.56. The number of para-hydroxylation sites is 2. The number of benzene rings is 3. The molecule has 5 heteroatoms. The largest absolute Gasteiger partial charge is 0.495 e. The quantitative estimate of drug-likeness (QED) is 0.484. The molecule has 0 aliphatic carbocycles. The molecule has 3 nitrogen and oxygen atoms in total. The summed E-state index contributed by atoms with van der Waals surface area (Å²) in [6.07, 6.45) is 0. The third-order valence-electron chi connectivity index (χ3n) is 4.08. The van der Waals surface area contributed by atoms with Crippen molar-refractivity contribution >= 4 is 55.4 Å². The molecule has 4 aromatic rings. The van der Waals surface area contributed by atoms with Gasteiger partial charge in [-0.25, -0.2) is 0 Å². The number of thiophene rings is 1. The Bertz CT molecular complexity index is 1100. The van der Waals surface area contributed by atoms with Crippen molar-refractivity contribution in [2.24, 2.45) is 0 Å². The van der Waals surface area contributed by atoms with E-state index in [2.05, 4.69) is 5.32 Å². The zero-order valence-corrected chi connectivity index (χ0v) is 14.9. The number of nitrogens with one attached hydrogen (secondary N) is 1. The highest BCUT2D eigenvalue weighted by molar-refractivity contribution is 7.22. The summed E-state index contributed by atoms with van der Waals surface area (Å²) in [6, 6.07) is 19.4. The van der Waals surface area contributed by atoms with Gasteiger partial charge in [0.15, 0.2) is 0 Å². The molecule has 0 unspecified atom stereocenters. The lowest BCUT2D eigenvalue weighted by molar-refractivity contribution is 0.103.